The topological polar surface area (TPSA) is 32.3 Å². The molecule has 1 aliphatic carbocycles. The van der Waals surface area contributed by atoms with Gasteiger partial charge in [0.15, 0.2) is 0 Å². The van der Waals surface area contributed by atoms with E-state index in [9.17, 15) is 5.11 Å². The van der Waals surface area contributed by atoms with Gasteiger partial charge in [0, 0.05) is 16.5 Å². The Bertz CT molecular complexity index is 439. The molecule has 2 N–H and O–H groups in total. The van der Waals surface area contributed by atoms with Gasteiger partial charge in [0.25, 0.3) is 0 Å². The molecule has 2 rings (SSSR count). The van der Waals surface area contributed by atoms with Gasteiger partial charge >= 0.3 is 0 Å². The fourth-order valence-electron chi connectivity index (χ4n) is 1.88. The standard InChI is InChI=1S/C14H19Cl2NOS/c1-14(9-18,17-10-2-3-10)6-7-19-11-4-5-12(15)13(16)8-11/h4-5,8,10,17-18H,2-3,6-7,9H2,1H3. The molecule has 2 nitrogen and oxygen atoms in total. The number of aliphatic hydroxyl groups excluding tert-OH is 1. The quantitative estimate of drug-likeness (QED) is 0.746. The Morgan fingerprint density at radius 1 is 1.37 bits per heavy atom. The Labute approximate surface area is 128 Å². The van der Waals surface area contributed by atoms with E-state index in [0.29, 0.717) is 16.1 Å². The van der Waals surface area contributed by atoms with E-state index in [0.717, 1.165) is 17.1 Å². The van der Waals surface area contributed by atoms with Gasteiger partial charge in [-0.3, -0.25) is 0 Å². The molecule has 0 spiro atoms. The van der Waals surface area contributed by atoms with Crippen LogP contribution in [0, 0.1) is 0 Å². The van der Waals surface area contributed by atoms with Crippen molar-refractivity contribution in [2.45, 2.75) is 42.7 Å². The third-order valence-electron chi connectivity index (χ3n) is 3.29. The highest BCUT2D eigenvalue weighted by Gasteiger charge is 2.31. The molecule has 0 heterocycles. The van der Waals surface area contributed by atoms with Gasteiger partial charge in [0.2, 0.25) is 0 Å². The average molecular weight is 320 g/mol. The molecule has 5 heteroatoms. The SMILES string of the molecule is CC(CO)(CCSc1ccc(Cl)c(Cl)c1)NC1CC1. The van der Waals surface area contributed by atoms with Crippen molar-refractivity contribution >= 4 is 35.0 Å². The fourth-order valence-corrected chi connectivity index (χ4v) is 3.39. The summed E-state index contributed by atoms with van der Waals surface area (Å²) in [7, 11) is 0. The molecule has 1 aromatic carbocycles. The molecule has 0 radical (unpaired) electrons. The van der Waals surface area contributed by atoms with E-state index in [4.69, 9.17) is 23.2 Å². The van der Waals surface area contributed by atoms with Crippen molar-refractivity contribution in [1.82, 2.24) is 5.32 Å². The molecule has 0 bridgehead atoms. The largest absolute Gasteiger partial charge is 0.394 e. The molecule has 0 aliphatic heterocycles. The van der Waals surface area contributed by atoms with E-state index in [1.807, 2.05) is 18.2 Å². The van der Waals surface area contributed by atoms with Crippen LogP contribution < -0.4 is 5.32 Å². The smallest absolute Gasteiger partial charge is 0.0610 e. The highest BCUT2D eigenvalue weighted by molar-refractivity contribution is 7.99. The molecule has 0 aromatic heterocycles. The number of hydrogen-bond donors (Lipinski definition) is 2. The molecule has 1 aromatic rings. The molecular formula is C14H19Cl2NOS. The summed E-state index contributed by atoms with van der Waals surface area (Å²) in [5.74, 6) is 0.939. The third kappa shape index (κ3) is 4.83. The van der Waals surface area contributed by atoms with E-state index < -0.39 is 0 Å². The maximum atomic E-state index is 9.53. The number of nitrogens with one attached hydrogen (secondary N) is 1. The minimum Gasteiger partial charge on any atom is -0.394 e. The Balaban J connectivity index is 1.82. The Morgan fingerprint density at radius 2 is 2.11 bits per heavy atom. The lowest BCUT2D eigenvalue weighted by Gasteiger charge is -2.28. The van der Waals surface area contributed by atoms with Crippen LogP contribution in [-0.2, 0) is 0 Å². The summed E-state index contributed by atoms with van der Waals surface area (Å²) in [5.41, 5.74) is -0.176. The predicted molar refractivity (Wildman–Crippen MR) is 83.5 cm³/mol. The summed E-state index contributed by atoms with van der Waals surface area (Å²) in [6.45, 7) is 2.26. The first kappa shape index (κ1) is 15.5. The summed E-state index contributed by atoms with van der Waals surface area (Å²) in [6.07, 6.45) is 3.38. The maximum Gasteiger partial charge on any atom is 0.0610 e. The molecule has 1 aliphatic rings. The van der Waals surface area contributed by atoms with Gasteiger partial charge in [0.1, 0.15) is 0 Å². The molecule has 0 saturated heterocycles. The van der Waals surface area contributed by atoms with Gasteiger partial charge in [-0.1, -0.05) is 23.2 Å². The number of hydrogen-bond acceptors (Lipinski definition) is 3. The van der Waals surface area contributed by atoms with Gasteiger partial charge in [0.05, 0.1) is 16.7 Å². The van der Waals surface area contributed by atoms with Crippen LogP contribution in [0.1, 0.15) is 26.2 Å². The van der Waals surface area contributed by atoms with Crippen molar-refractivity contribution in [1.29, 1.82) is 0 Å². The van der Waals surface area contributed by atoms with Crippen molar-refractivity contribution in [2.24, 2.45) is 0 Å². The second kappa shape index (κ2) is 6.68. The molecule has 106 valence electrons. The van der Waals surface area contributed by atoms with E-state index in [-0.39, 0.29) is 12.1 Å². The van der Waals surface area contributed by atoms with Crippen molar-refractivity contribution in [2.75, 3.05) is 12.4 Å². The summed E-state index contributed by atoms with van der Waals surface area (Å²) < 4.78 is 0. The first-order chi connectivity index (χ1) is 9.02. The van der Waals surface area contributed by atoms with Gasteiger partial charge in [-0.25, -0.2) is 0 Å². The van der Waals surface area contributed by atoms with Gasteiger partial charge in [-0.15, -0.1) is 11.8 Å². The first-order valence-corrected chi connectivity index (χ1v) is 8.23. The second-order valence-electron chi connectivity index (χ2n) is 5.31. The van der Waals surface area contributed by atoms with Crippen molar-refractivity contribution in [3.05, 3.63) is 28.2 Å². The van der Waals surface area contributed by atoms with Gasteiger partial charge < -0.3 is 10.4 Å². The van der Waals surface area contributed by atoms with E-state index in [1.165, 1.54) is 12.8 Å². The summed E-state index contributed by atoms with van der Waals surface area (Å²) in [6, 6.07) is 6.29. The lowest BCUT2D eigenvalue weighted by Crippen LogP contribution is -2.47. The number of thioether (sulfide) groups is 1. The lowest BCUT2D eigenvalue weighted by molar-refractivity contribution is 0.169. The molecule has 0 amide bonds. The van der Waals surface area contributed by atoms with Crippen LogP contribution in [-0.4, -0.2) is 29.0 Å². The Kier molecular flexibility index (Phi) is 5.44. The van der Waals surface area contributed by atoms with E-state index in [1.54, 1.807) is 11.8 Å². The molecule has 1 atom stereocenters. The summed E-state index contributed by atoms with van der Waals surface area (Å²) >= 11 is 13.6. The zero-order valence-corrected chi connectivity index (χ0v) is 13.3. The molecular weight excluding hydrogens is 301 g/mol. The average Bonchev–Trinajstić information content (AvgIpc) is 3.17. The molecule has 1 fully saturated rings. The van der Waals surface area contributed by atoms with Crippen LogP contribution >= 0.6 is 35.0 Å². The fraction of sp³-hybridized carbons (Fsp3) is 0.571. The summed E-state index contributed by atoms with van der Waals surface area (Å²) in [4.78, 5) is 1.11. The van der Waals surface area contributed by atoms with Crippen LogP contribution in [0.5, 0.6) is 0 Å². The van der Waals surface area contributed by atoms with Crippen LogP contribution in [0.15, 0.2) is 23.1 Å². The highest BCUT2D eigenvalue weighted by Crippen LogP contribution is 2.30. The normalized spacial score (nSPS) is 18.3. The molecule has 1 unspecified atom stereocenters. The monoisotopic (exact) mass is 319 g/mol. The minimum absolute atomic E-state index is 0.172. The lowest BCUT2D eigenvalue weighted by atomic mass is 10.0. The zero-order valence-electron chi connectivity index (χ0n) is 11.0. The third-order valence-corrected chi connectivity index (χ3v) is 5.03. The van der Waals surface area contributed by atoms with E-state index >= 15 is 0 Å². The second-order valence-corrected chi connectivity index (χ2v) is 7.29. The number of benzene rings is 1. The predicted octanol–water partition coefficient (Wildman–Crippen LogP) is 3.98. The minimum atomic E-state index is -0.176. The number of rotatable bonds is 7. The Morgan fingerprint density at radius 3 is 2.68 bits per heavy atom. The number of halogens is 2. The highest BCUT2D eigenvalue weighted by atomic mass is 35.5. The van der Waals surface area contributed by atoms with Crippen LogP contribution in [0.4, 0.5) is 0 Å². The van der Waals surface area contributed by atoms with Crippen LogP contribution in [0.25, 0.3) is 0 Å². The molecule has 19 heavy (non-hydrogen) atoms. The zero-order chi connectivity index (χ0) is 13.9. The van der Waals surface area contributed by atoms with E-state index in [2.05, 4.69) is 12.2 Å². The van der Waals surface area contributed by atoms with Gasteiger partial charge in [-0.05, 0) is 50.1 Å². The summed E-state index contributed by atoms with van der Waals surface area (Å²) in [5, 5.41) is 14.2. The van der Waals surface area contributed by atoms with Crippen molar-refractivity contribution in [3.8, 4) is 0 Å². The molecule has 1 saturated carbocycles. The first-order valence-electron chi connectivity index (χ1n) is 6.49. The van der Waals surface area contributed by atoms with Crippen LogP contribution in [0.2, 0.25) is 10.0 Å². The van der Waals surface area contributed by atoms with Crippen LogP contribution in [0.3, 0.4) is 0 Å². The van der Waals surface area contributed by atoms with Crippen molar-refractivity contribution in [3.63, 3.8) is 0 Å². The maximum absolute atomic E-state index is 9.53. The van der Waals surface area contributed by atoms with Gasteiger partial charge in [-0.2, -0.15) is 0 Å². The number of aliphatic hydroxyl groups is 1. The Hall–Kier alpha value is 0.0700. The van der Waals surface area contributed by atoms with Crippen molar-refractivity contribution < 1.29 is 5.11 Å².